The second kappa shape index (κ2) is 4.84. The SMILES string of the molecule is CC1(C)CC2CC(C)(CN2C(=O)c2ccc(CN)cc2)C1. The standard InChI is InChI=1S/C18H26N2O/c1-17(2)8-15-9-18(3,11-17)12-20(15)16(21)14-6-4-13(10-19)5-7-14/h4-7,15H,8-12,19H2,1-3H3. The first-order valence-corrected chi connectivity index (χ1v) is 7.92. The molecule has 1 aliphatic carbocycles. The summed E-state index contributed by atoms with van der Waals surface area (Å²) in [5.41, 5.74) is 8.12. The van der Waals surface area contributed by atoms with E-state index in [1.807, 2.05) is 24.3 Å². The van der Waals surface area contributed by atoms with E-state index in [1.54, 1.807) is 0 Å². The van der Waals surface area contributed by atoms with E-state index in [1.165, 1.54) is 6.42 Å². The van der Waals surface area contributed by atoms with Crippen molar-refractivity contribution in [1.29, 1.82) is 0 Å². The highest BCUT2D eigenvalue weighted by molar-refractivity contribution is 5.94. The lowest BCUT2D eigenvalue weighted by molar-refractivity contribution is 0.0708. The summed E-state index contributed by atoms with van der Waals surface area (Å²) in [7, 11) is 0. The Morgan fingerprint density at radius 2 is 1.90 bits per heavy atom. The van der Waals surface area contributed by atoms with Crippen molar-refractivity contribution in [2.45, 2.75) is 52.6 Å². The second-order valence-electron chi connectivity index (χ2n) is 8.05. The van der Waals surface area contributed by atoms with Gasteiger partial charge in [-0.2, -0.15) is 0 Å². The van der Waals surface area contributed by atoms with Crippen molar-refractivity contribution in [1.82, 2.24) is 4.90 Å². The number of rotatable bonds is 2. The first kappa shape index (κ1) is 14.6. The third-order valence-corrected chi connectivity index (χ3v) is 5.11. The minimum atomic E-state index is 0.185. The first-order valence-electron chi connectivity index (χ1n) is 7.92. The topological polar surface area (TPSA) is 46.3 Å². The van der Waals surface area contributed by atoms with Crippen molar-refractivity contribution in [3.05, 3.63) is 35.4 Å². The van der Waals surface area contributed by atoms with Crippen LogP contribution in [0.1, 0.15) is 56.0 Å². The van der Waals surface area contributed by atoms with Crippen molar-refractivity contribution in [3.8, 4) is 0 Å². The predicted octanol–water partition coefficient (Wildman–Crippen LogP) is 3.19. The Kier molecular flexibility index (Phi) is 3.36. The van der Waals surface area contributed by atoms with Crippen LogP contribution in [0.3, 0.4) is 0 Å². The molecule has 2 aliphatic rings. The number of nitrogens with two attached hydrogens (primary N) is 1. The van der Waals surface area contributed by atoms with Gasteiger partial charge in [-0.1, -0.05) is 32.9 Å². The number of likely N-dealkylation sites (tertiary alicyclic amines) is 1. The number of fused-ring (bicyclic) bond motifs is 2. The molecular weight excluding hydrogens is 260 g/mol. The van der Waals surface area contributed by atoms with E-state index in [9.17, 15) is 4.79 Å². The number of amides is 1. The molecule has 1 aromatic rings. The first-order chi connectivity index (χ1) is 9.82. The Balaban J connectivity index is 1.82. The van der Waals surface area contributed by atoms with Gasteiger partial charge < -0.3 is 10.6 Å². The average molecular weight is 286 g/mol. The highest BCUT2D eigenvalue weighted by atomic mass is 16.2. The van der Waals surface area contributed by atoms with Crippen molar-refractivity contribution in [3.63, 3.8) is 0 Å². The Morgan fingerprint density at radius 3 is 2.52 bits per heavy atom. The zero-order valence-electron chi connectivity index (χ0n) is 13.4. The van der Waals surface area contributed by atoms with Crippen LogP contribution in [0.5, 0.6) is 0 Å². The van der Waals surface area contributed by atoms with Gasteiger partial charge in [0, 0.05) is 24.7 Å². The normalized spacial score (nSPS) is 30.5. The van der Waals surface area contributed by atoms with Crippen LogP contribution in [0.25, 0.3) is 0 Å². The summed E-state index contributed by atoms with van der Waals surface area (Å²) in [5, 5.41) is 0. The smallest absolute Gasteiger partial charge is 0.254 e. The molecule has 2 fully saturated rings. The van der Waals surface area contributed by atoms with Crippen molar-refractivity contribution >= 4 is 5.91 Å². The van der Waals surface area contributed by atoms with Gasteiger partial charge in [-0.05, 0) is 47.8 Å². The van der Waals surface area contributed by atoms with Crippen LogP contribution < -0.4 is 5.73 Å². The average Bonchev–Trinajstić information content (AvgIpc) is 2.67. The summed E-state index contributed by atoms with van der Waals surface area (Å²) in [4.78, 5) is 15.0. The van der Waals surface area contributed by atoms with Crippen LogP contribution in [0.4, 0.5) is 0 Å². The van der Waals surface area contributed by atoms with Gasteiger partial charge in [0.25, 0.3) is 5.91 Å². The zero-order chi connectivity index (χ0) is 15.3. The molecule has 114 valence electrons. The molecule has 1 aliphatic heterocycles. The molecule has 1 saturated carbocycles. The summed E-state index contributed by atoms with van der Waals surface area (Å²) in [6, 6.07) is 8.16. The number of nitrogens with zero attached hydrogens (tertiary/aromatic N) is 1. The molecule has 2 unspecified atom stereocenters. The van der Waals surface area contributed by atoms with Crippen molar-refractivity contribution in [2.24, 2.45) is 16.6 Å². The van der Waals surface area contributed by atoms with Gasteiger partial charge >= 0.3 is 0 Å². The molecule has 3 nitrogen and oxygen atoms in total. The van der Waals surface area contributed by atoms with E-state index in [4.69, 9.17) is 5.73 Å². The summed E-state index contributed by atoms with van der Waals surface area (Å²) in [6.07, 6.45) is 3.49. The molecule has 0 radical (unpaired) electrons. The summed E-state index contributed by atoms with van der Waals surface area (Å²) < 4.78 is 0. The highest BCUT2D eigenvalue weighted by Crippen LogP contribution is 2.52. The molecule has 1 amide bonds. The Hall–Kier alpha value is -1.35. The Bertz CT molecular complexity index is 549. The van der Waals surface area contributed by atoms with Gasteiger partial charge in [-0.15, -0.1) is 0 Å². The molecule has 3 rings (SSSR count). The molecule has 2 atom stereocenters. The number of carbonyl (C=O) groups excluding carboxylic acids is 1. The molecule has 1 saturated heterocycles. The quantitative estimate of drug-likeness (QED) is 0.907. The lowest BCUT2D eigenvalue weighted by atomic mass is 9.65. The second-order valence-corrected chi connectivity index (χ2v) is 8.05. The van der Waals surface area contributed by atoms with Gasteiger partial charge in [0.15, 0.2) is 0 Å². The number of hydrogen-bond donors (Lipinski definition) is 1. The minimum absolute atomic E-state index is 0.185. The van der Waals surface area contributed by atoms with Crippen LogP contribution in [-0.4, -0.2) is 23.4 Å². The maximum Gasteiger partial charge on any atom is 0.254 e. The van der Waals surface area contributed by atoms with E-state index in [0.717, 1.165) is 30.5 Å². The van der Waals surface area contributed by atoms with Crippen LogP contribution in [0.2, 0.25) is 0 Å². The summed E-state index contributed by atoms with van der Waals surface area (Å²) >= 11 is 0. The van der Waals surface area contributed by atoms with Gasteiger partial charge in [0.05, 0.1) is 0 Å². The number of benzene rings is 1. The molecular formula is C18H26N2O. The fourth-order valence-corrected chi connectivity index (χ4v) is 4.65. The van der Waals surface area contributed by atoms with E-state index >= 15 is 0 Å². The van der Waals surface area contributed by atoms with Crippen LogP contribution in [0, 0.1) is 10.8 Å². The van der Waals surface area contributed by atoms with Gasteiger partial charge in [-0.25, -0.2) is 0 Å². The number of hydrogen-bond acceptors (Lipinski definition) is 2. The van der Waals surface area contributed by atoms with E-state index in [-0.39, 0.29) is 5.91 Å². The maximum atomic E-state index is 12.8. The summed E-state index contributed by atoms with van der Waals surface area (Å²) in [5.74, 6) is 0.185. The van der Waals surface area contributed by atoms with Crippen LogP contribution in [0.15, 0.2) is 24.3 Å². The Morgan fingerprint density at radius 1 is 1.24 bits per heavy atom. The number of carbonyl (C=O) groups is 1. The fourth-order valence-electron chi connectivity index (χ4n) is 4.65. The lowest BCUT2D eigenvalue weighted by Crippen LogP contribution is -2.37. The van der Waals surface area contributed by atoms with E-state index in [0.29, 0.717) is 23.4 Å². The third kappa shape index (κ3) is 2.71. The van der Waals surface area contributed by atoms with Gasteiger partial charge in [0.1, 0.15) is 0 Å². The van der Waals surface area contributed by atoms with Gasteiger partial charge in [0.2, 0.25) is 0 Å². The molecule has 3 heteroatoms. The van der Waals surface area contributed by atoms with Gasteiger partial charge in [-0.3, -0.25) is 4.79 Å². The van der Waals surface area contributed by atoms with E-state index < -0.39 is 0 Å². The monoisotopic (exact) mass is 286 g/mol. The fraction of sp³-hybridized carbons (Fsp3) is 0.611. The molecule has 1 heterocycles. The molecule has 21 heavy (non-hydrogen) atoms. The molecule has 2 bridgehead atoms. The molecule has 1 aromatic carbocycles. The maximum absolute atomic E-state index is 12.8. The predicted molar refractivity (Wildman–Crippen MR) is 84.9 cm³/mol. The third-order valence-electron chi connectivity index (χ3n) is 5.11. The van der Waals surface area contributed by atoms with Crippen LogP contribution in [-0.2, 0) is 6.54 Å². The zero-order valence-corrected chi connectivity index (χ0v) is 13.4. The minimum Gasteiger partial charge on any atom is -0.335 e. The van der Waals surface area contributed by atoms with E-state index in [2.05, 4.69) is 25.7 Å². The molecule has 2 N–H and O–H groups in total. The lowest BCUT2D eigenvalue weighted by Gasteiger charge is -2.39. The Labute approximate surface area is 127 Å². The van der Waals surface area contributed by atoms with Crippen molar-refractivity contribution in [2.75, 3.05) is 6.54 Å². The van der Waals surface area contributed by atoms with Crippen LogP contribution >= 0.6 is 0 Å². The highest BCUT2D eigenvalue weighted by Gasteiger charge is 2.50. The summed E-state index contributed by atoms with van der Waals surface area (Å²) in [6.45, 7) is 8.43. The molecule has 0 aromatic heterocycles. The van der Waals surface area contributed by atoms with Crippen molar-refractivity contribution < 1.29 is 4.79 Å². The largest absolute Gasteiger partial charge is 0.335 e. The molecule has 0 spiro atoms.